The van der Waals surface area contributed by atoms with Crippen molar-refractivity contribution in [1.82, 2.24) is 9.78 Å². The van der Waals surface area contributed by atoms with Gasteiger partial charge < -0.3 is 10.4 Å². The minimum Gasteiger partial charge on any atom is -0.477 e. The summed E-state index contributed by atoms with van der Waals surface area (Å²) in [5.74, 6) is -0.325. The number of nitrogens with one attached hydrogen (secondary N) is 1. The van der Waals surface area contributed by atoms with E-state index in [0.29, 0.717) is 12.3 Å². The molecule has 1 aromatic heterocycles. The molecule has 1 saturated carbocycles. The number of carboxylic acid groups (broad SMARTS) is 1. The first-order valence-electron chi connectivity index (χ1n) is 7.13. The van der Waals surface area contributed by atoms with E-state index in [1.165, 1.54) is 43.0 Å². The van der Waals surface area contributed by atoms with Gasteiger partial charge in [-0.3, -0.25) is 9.48 Å². The second-order valence-electron chi connectivity index (χ2n) is 5.43. The number of carbonyl (C=O) groups excluding carboxylic acids is 1. The Balaban J connectivity index is 1.88. The molecule has 0 atom stereocenters. The van der Waals surface area contributed by atoms with E-state index in [1.807, 2.05) is 0 Å². The number of carbonyl (C=O) groups is 2. The Labute approximate surface area is 118 Å². The fourth-order valence-electron chi connectivity index (χ4n) is 2.75. The average Bonchev–Trinajstić information content (AvgIpc) is 2.79. The van der Waals surface area contributed by atoms with Crippen molar-refractivity contribution in [3.05, 3.63) is 11.8 Å². The molecule has 1 aliphatic carbocycles. The first-order chi connectivity index (χ1) is 9.58. The summed E-state index contributed by atoms with van der Waals surface area (Å²) in [7, 11) is 1.61. The molecule has 0 saturated heterocycles. The lowest BCUT2D eigenvalue weighted by Crippen LogP contribution is -2.18. The predicted molar refractivity (Wildman–Crippen MR) is 74.6 cm³/mol. The molecule has 2 rings (SSSR count). The third-order valence-electron chi connectivity index (χ3n) is 3.93. The molecular weight excluding hydrogens is 258 g/mol. The molecule has 0 unspecified atom stereocenters. The Bertz CT molecular complexity index is 490. The zero-order valence-corrected chi connectivity index (χ0v) is 11.8. The zero-order valence-electron chi connectivity index (χ0n) is 11.8. The second-order valence-corrected chi connectivity index (χ2v) is 5.43. The van der Waals surface area contributed by atoms with E-state index in [2.05, 4.69) is 10.4 Å². The van der Waals surface area contributed by atoms with Crippen molar-refractivity contribution in [2.45, 2.75) is 44.9 Å². The van der Waals surface area contributed by atoms with Gasteiger partial charge in [0.25, 0.3) is 0 Å². The number of rotatable bonds is 5. The maximum absolute atomic E-state index is 11.9. The second kappa shape index (κ2) is 6.54. The number of amides is 1. The van der Waals surface area contributed by atoms with Crippen molar-refractivity contribution in [2.24, 2.45) is 13.0 Å². The van der Waals surface area contributed by atoms with Gasteiger partial charge in [0.05, 0.1) is 6.20 Å². The molecule has 20 heavy (non-hydrogen) atoms. The summed E-state index contributed by atoms with van der Waals surface area (Å²) in [4.78, 5) is 23.0. The van der Waals surface area contributed by atoms with Crippen LogP contribution in [0.3, 0.4) is 0 Å². The minimum atomic E-state index is -1.08. The first-order valence-corrected chi connectivity index (χ1v) is 7.13. The van der Waals surface area contributed by atoms with Crippen LogP contribution in [0.25, 0.3) is 0 Å². The van der Waals surface area contributed by atoms with Gasteiger partial charge in [0.1, 0.15) is 11.4 Å². The molecule has 1 fully saturated rings. The van der Waals surface area contributed by atoms with E-state index in [9.17, 15) is 9.59 Å². The van der Waals surface area contributed by atoms with E-state index in [0.717, 1.165) is 6.42 Å². The number of anilines is 1. The highest BCUT2D eigenvalue weighted by atomic mass is 16.4. The normalized spacial score (nSPS) is 16.1. The van der Waals surface area contributed by atoms with Crippen LogP contribution in [-0.2, 0) is 11.8 Å². The molecule has 1 amide bonds. The Morgan fingerprint density at radius 3 is 2.75 bits per heavy atom. The summed E-state index contributed by atoms with van der Waals surface area (Å²) in [6, 6.07) is 0. The third-order valence-corrected chi connectivity index (χ3v) is 3.93. The van der Waals surface area contributed by atoms with Crippen LogP contribution in [0.1, 0.15) is 55.3 Å². The Morgan fingerprint density at radius 2 is 2.10 bits per heavy atom. The minimum absolute atomic E-state index is 0.0264. The number of aromatic nitrogens is 2. The smallest absolute Gasteiger partial charge is 0.341 e. The number of aryl methyl sites for hydroxylation is 1. The SMILES string of the molecule is Cn1ncc(C(=O)O)c1NC(=O)CCC1CCCCC1. The van der Waals surface area contributed by atoms with Crippen molar-refractivity contribution in [3.8, 4) is 0 Å². The maximum Gasteiger partial charge on any atom is 0.341 e. The fourth-order valence-corrected chi connectivity index (χ4v) is 2.75. The van der Waals surface area contributed by atoms with Gasteiger partial charge in [-0.05, 0) is 12.3 Å². The van der Waals surface area contributed by atoms with Crippen LogP contribution in [0, 0.1) is 5.92 Å². The molecule has 0 spiro atoms. The van der Waals surface area contributed by atoms with E-state index in [-0.39, 0.29) is 17.3 Å². The molecular formula is C14H21N3O3. The number of hydrogen-bond acceptors (Lipinski definition) is 3. The molecule has 0 aliphatic heterocycles. The molecule has 1 heterocycles. The van der Waals surface area contributed by atoms with E-state index < -0.39 is 5.97 Å². The Hall–Kier alpha value is -1.85. The topological polar surface area (TPSA) is 84.2 Å². The average molecular weight is 279 g/mol. The molecule has 0 bridgehead atoms. The highest BCUT2D eigenvalue weighted by Gasteiger charge is 2.19. The van der Waals surface area contributed by atoms with Crippen molar-refractivity contribution in [1.29, 1.82) is 0 Å². The van der Waals surface area contributed by atoms with Crippen molar-refractivity contribution in [3.63, 3.8) is 0 Å². The predicted octanol–water partition coefficient (Wildman–Crippen LogP) is 2.42. The molecule has 6 heteroatoms. The number of carboxylic acids is 1. The van der Waals surface area contributed by atoms with Crippen molar-refractivity contribution < 1.29 is 14.7 Å². The lowest BCUT2D eigenvalue weighted by Gasteiger charge is -2.21. The van der Waals surface area contributed by atoms with Crippen LogP contribution in [0.5, 0.6) is 0 Å². The number of aromatic carboxylic acids is 1. The van der Waals surface area contributed by atoms with Gasteiger partial charge in [0.15, 0.2) is 0 Å². The third kappa shape index (κ3) is 3.59. The molecule has 0 aromatic carbocycles. The highest BCUT2D eigenvalue weighted by Crippen LogP contribution is 2.27. The van der Waals surface area contributed by atoms with Crippen molar-refractivity contribution in [2.75, 3.05) is 5.32 Å². The quantitative estimate of drug-likeness (QED) is 0.867. The molecule has 1 aliphatic rings. The van der Waals surface area contributed by atoms with Gasteiger partial charge in [-0.2, -0.15) is 5.10 Å². The molecule has 110 valence electrons. The Morgan fingerprint density at radius 1 is 1.40 bits per heavy atom. The lowest BCUT2D eigenvalue weighted by atomic mass is 9.86. The molecule has 1 aromatic rings. The van der Waals surface area contributed by atoms with Gasteiger partial charge in [0, 0.05) is 13.5 Å². The van der Waals surface area contributed by atoms with Gasteiger partial charge >= 0.3 is 5.97 Å². The van der Waals surface area contributed by atoms with E-state index in [4.69, 9.17) is 5.11 Å². The molecule has 6 nitrogen and oxygen atoms in total. The number of hydrogen-bond donors (Lipinski definition) is 2. The summed E-state index contributed by atoms with van der Waals surface area (Å²) in [6.45, 7) is 0. The van der Waals surface area contributed by atoms with Crippen molar-refractivity contribution >= 4 is 17.7 Å². The molecule has 2 N–H and O–H groups in total. The van der Waals surface area contributed by atoms with Gasteiger partial charge in [-0.15, -0.1) is 0 Å². The monoisotopic (exact) mass is 279 g/mol. The van der Waals surface area contributed by atoms with Crippen LogP contribution < -0.4 is 5.32 Å². The van der Waals surface area contributed by atoms with E-state index in [1.54, 1.807) is 7.05 Å². The Kier molecular flexibility index (Phi) is 4.76. The highest BCUT2D eigenvalue weighted by molar-refractivity contribution is 5.99. The fraction of sp³-hybridized carbons (Fsp3) is 0.643. The van der Waals surface area contributed by atoms with Gasteiger partial charge in [0.2, 0.25) is 5.91 Å². The van der Waals surface area contributed by atoms with Crippen LogP contribution in [0.15, 0.2) is 6.20 Å². The van der Waals surface area contributed by atoms with Gasteiger partial charge in [-0.25, -0.2) is 4.79 Å². The van der Waals surface area contributed by atoms with E-state index >= 15 is 0 Å². The van der Waals surface area contributed by atoms with Crippen LogP contribution in [-0.4, -0.2) is 26.8 Å². The largest absolute Gasteiger partial charge is 0.477 e. The van der Waals surface area contributed by atoms with Gasteiger partial charge in [-0.1, -0.05) is 32.1 Å². The van der Waals surface area contributed by atoms with Crippen LogP contribution in [0.4, 0.5) is 5.82 Å². The molecule has 0 radical (unpaired) electrons. The summed E-state index contributed by atoms with van der Waals surface area (Å²) in [6.07, 6.45) is 8.81. The standard InChI is InChI=1S/C14H21N3O3/c1-17-13(11(9-15-17)14(19)20)16-12(18)8-7-10-5-3-2-4-6-10/h9-10H,2-8H2,1H3,(H,16,18)(H,19,20). The lowest BCUT2D eigenvalue weighted by molar-refractivity contribution is -0.116. The number of nitrogens with zero attached hydrogens (tertiary/aromatic N) is 2. The zero-order chi connectivity index (χ0) is 14.5. The summed E-state index contributed by atoms with van der Waals surface area (Å²) in [5.41, 5.74) is 0.0264. The van der Waals surface area contributed by atoms with Crippen LogP contribution >= 0.6 is 0 Å². The first kappa shape index (κ1) is 14.6. The maximum atomic E-state index is 11.9. The van der Waals surface area contributed by atoms with Crippen LogP contribution in [0.2, 0.25) is 0 Å². The summed E-state index contributed by atoms with van der Waals surface area (Å²) in [5, 5.41) is 15.5. The summed E-state index contributed by atoms with van der Waals surface area (Å²) >= 11 is 0. The summed E-state index contributed by atoms with van der Waals surface area (Å²) < 4.78 is 1.38.